The Kier molecular flexibility index (Phi) is 4.80. The minimum atomic E-state index is -4.09. The van der Waals surface area contributed by atoms with Crippen molar-refractivity contribution in [3.05, 3.63) is 23.8 Å². The van der Waals surface area contributed by atoms with E-state index in [-0.39, 0.29) is 24.9 Å². The minimum absolute atomic E-state index is 0.00359. The van der Waals surface area contributed by atoms with E-state index < -0.39 is 26.6 Å². The SMILES string of the molecule is CCOC1CCN(S(=O)(=O)c2cc(N)cc(F)c2F)CC1. The summed E-state index contributed by atoms with van der Waals surface area (Å²) in [7, 11) is -4.09. The maximum atomic E-state index is 13.8. The normalized spacial score (nSPS) is 18.0. The summed E-state index contributed by atoms with van der Waals surface area (Å²) in [5.41, 5.74) is 5.28. The average molecular weight is 320 g/mol. The molecule has 0 bridgehead atoms. The van der Waals surface area contributed by atoms with Crippen LogP contribution in [0.25, 0.3) is 0 Å². The summed E-state index contributed by atoms with van der Waals surface area (Å²) < 4.78 is 58.5. The van der Waals surface area contributed by atoms with Gasteiger partial charge in [-0.25, -0.2) is 17.2 Å². The van der Waals surface area contributed by atoms with Crippen molar-refractivity contribution in [1.82, 2.24) is 4.31 Å². The first kappa shape index (κ1) is 16.1. The van der Waals surface area contributed by atoms with E-state index in [1.165, 1.54) is 0 Å². The largest absolute Gasteiger partial charge is 0.399 e. The van der Waals surface area contributed by atoms with Crippen molar-refractivity contribution >= 4 is 15.7 Å². The van der Waals surface area contributed by atoms with Crippen molar-refractivity contribution in [2.75, 3.05) is 25.4 Å². The summed E-state index contributed by atoms with van der Waals surface area (Å²) >= 11 is 0. The second-order valence-corrected chi connectivity index (χ2v) is 6.78. The zero-order valence-electron chi connectivity index (χ0n) is 11.7. The van der Waals surface area contributed by atoms with Gasteiger partial charge in [0.15, 0.2) is 11.6 Å². The fraction of sp³-hybridized carbons (Fsp3) is 0.538. The predicted molar refractivity (Wildman–Crippen MR) is 74.2 cm³/mol. The number of rotatable bonds is 4. The molecule has 1 aromatic carbocycles. The topological polar surface area (TPSA) is 72.6 Å². The first-order chi connectivity index (χ1) is 9.86. The van der Waals surface area contributed by atoms with Gasteiger partial charge < -0.3 is 10.5 Å². The van der Waals surface area contributed by atoms with Gasteiger partial charge in [0.1, 0.15) is 4.90 Å². The lowest BCUT2D eigenvalue weighted by atomic mass is 10.1. The van der Waals surface area contributed by atoms with Gasteiger partial charge in [0.25, 0.3) is 0 Å². The molecule has 1 fully saturated rings. The maximum Gasteiger partial charge on any atom is 0.246 e. The Morgan fingerprint density at radius 3 is 2.52 bits per heavy atom. The van der Waals surface area contributed by atoms with Crippen LogP contribution in [-0.2, 0) is 14.8 Å². The Balaban J connectivity index is 2.24. The standard InChI is InChI=1S/C13H18F2N2O3S/c1-2-20-10-3-5-17(6-4-10)21(18,19)12-8-9(16)7-11(14)13(12)15/h7-8,10H,2-6,16H2,1H3. The lowest BCUT2D eigenvalue weighted by Crippen LogP contribution is -2.41. The van der Waals surface area contributed by atoms with Crippen molar-refractivity contribution in [2.24, 2.45) is 0 Å². The molecular weight excluding hydrogens is 302 g/mol. The van der Waals surface area contributed by atoms with Gasteiger partial charge in [-0.3, -0.25) is 0 Å². The van der Waals surface area contributed by atoms with Crippen molar-refractivity contribution in [1.29, 1.82) is 0 Å². The third kappa shape index (κ3) is 3.33. The molecule has 0 saturated carbocycles. The molecule has 0 aromatic heterocycles. The number of anilines is 1. The molecule has 1 heterocycles. The molecule has 0 unspecified atom stereocenters. The van der Waals surface area contributed by atoms with E-state index in [0.29, 0.717) is 19.4 Å². The van der Waals surface area contributed by atoms with E-state index in [0.717, 1.165) is 16.4 Å². The Morgan fingerprint density at radius 1 is 1.33 bits per heavy atom. The number of halogens is 2. The smallest absolute Gasteiger partial charge is 0.246 e. The number of nitrogens with two attached hydrogens (primary N) is 1. The molecule has 1 aliphatic heterocycles. The molecule has 8 heteroatoms. The number of hydrogen-bond acceptors (Lipinski definition) is 4. The van der Waals surface area contributed by atoms with Gasteiger partial charge in [-0.05, 0) is 31.9 Å². The molecule has 118 valence electrons. The molecule has 0 spiro atoms. The molecule has 5 nitrogen and oxygen atoms in total. The van der Waals surface area contributed by atoms with Crippen molar-refractivity contribution in [3.63, 3.8) is 0 Å². The molecule has 0 amide bonds. The molecule has 0 radical (unpaired) electrons. The monoisotopic (exact) mass is 320 g/mol. The molecule has 1 saturated heterocycles. The van der Waals surface area contributed by atoms with Crippen molar-refractivity contribution in [2.45, 2.75) is 30.8 Å². The van der Waals surface area contributed by atoms with E-state index in [1.807, 2.05) is 6.92 Å². The summed E-state index contributed by atoms with van der Waals surface area (Å²) in [4.78, 5) is -0.713. The zero-order chi connectivity index (χ0) is 15.6. The zero-order valence-corrected chi connectivity index (χ0v) is 12.5. The van der Waals surface area contributed by atoms with Gasteiger partial charge in [-0.1, -0.05) is 0 Å². The summed E-state index contributed by atoms with van der Waals surface area (Å²) in [6.07, 6.45) is 1.06. The van der Waals surface area contributed by atoms with Crippen LogP contribution in [0.1, 0.15) is 19.8 Å². The van der Waals surface area contributed by atoms with Gasteiger partial charge in [-0.15, -0.1) is 0 Å². The van der Waals surface area contributed by atoms with Gasteiger partial charge in [0.2, 0.25) is 10.0 Å². The van der Waals surface area contributed by atoms with Crippen LogP contribution in [0.2, 0.25) is 0 Å². The van der Waals surface area contributed by atoms with Crippen molar-refractivity contribution in [3.8, 4) is 0 Å². The summed E-state index contributed by atoms with van der Waals surface area (Å²) in [6, 6.07) is 1.71. The third-order valence-electron chi connectivity index (χ3n) is 3.44. The first-order valence-corrected chi connectivity index (χ1v) is 8.16. The fourth-order valence-corrected chi connectivity index (χ4v) is 3.96. The third-order valence-corrected chi connectivity index (χ3v) is 5.34. The van der Waals surface area contributed by atoms with E-state index in [4.69, 9.17) is 10.5 Å². The van der Waals surface area contributed by atoms with Crippen LogP contribution in [0.4, 0.5) is 14.5 Å². The van der Waals surface area contributed by atoms with Crippen molar-refractivity contribution < 1.29 is 21.9 Å². The van der Waals surface area contributed by atoms with Crippen LogP contribution in [0.15, 0.2) is 17.0 Å². The van der Waals surface area contributed by atoms with Crippen LogP contribution in [-0.4, -0.2) is 38.5 Å². The van der Waals surface area contributed by atoms with E-state index in [9.17, 15) is 17.2 Å². The molecule has 0 aliphatic carbocycles. The number of sulfonamides is 1. The van der Waals surface area contributed by atoms with Crippen LogP contribution in [0.3, 0.4) is 0 Å². The molecule has 21 heavy (non-hydrogen) atoms. The highest BCUT2D eigenvalue weighted by Gasteiger charge is 2.32. The number of nitrogen functional groups attached to an aromatic ring is 1. The number of hydrogen-bond donors (Lipinski definition) is 1. The van der Waals surface area contributed by atoms with Crippen LogP contribution in [0, 0.1) is 11.6 Å². The predicted octanol–water partition coefficient (Wildman–Crippen LogP) is 1.74. The molecule has 1 aliphatic rings. The summed E-state index contributed by atoms with van der Waals surface area (Å²) in [5, 5.41) is 0. The van der Waals surface area contributed by atoms with Crippen LogP contribution < -0.4 is 5.73 Å². The minimum Gasteiger partial charge on any atom is -0.399 e. The highest BCUT2D eigenvalue weighted by Crippen LogP contribution is 2.27. The number of piperidine rings is 1. The van der Waals surface area contributed by atoms with Gasteiger partial charge in [-0.2, -0.15) is 4.31 Å². The Labute approximate surface area is 122 Å². The highest BCUT2D eigenvalue weighted by molar-refractivity contribution is 7.89. The molecule has 2 N–H and O–H groups in total. The van der Waals surface area contributed by atoms with Gasteiger partial charge >= 0.3 is 0 Å². The molecular formula is C13H18F2N2O3S. The highest BCUT2D eigenvalue weighted by atomic mass is 32.2. The average Bonchev–Trinajstić information content (AvgIpc) is 2.43. The first-order valence-electron chi connectivity index (χ1n) is 6.72. The maximum absolute atomic E-state index is 13.8. The molecule has 0 atom stereocenters. The number of nitrogens with zero attached hydrogens (tertiary/aromatic N) is 1. The van der Waals surface area contributed by atoms with Crippen LogP contribution >= 0.6 is 0 Å². The van der Waals surface area contributed by atoms with Gasteiger partial charge in [0, 0.05) is 25.4 Å². The summed E-state index contributed by atoms with van der Waals surface area (Å²) in [5.74, 6) is -2.66. The van der Waals surface area contributed by atoms with E-state index in [2.05, 4.69) is 0 Å². The fourth-order valence-electron chi connectivity index (χ4n) is 2.39. The lowest BCUT2D eigenvalue weighted by Gasteiger charge is -2.31. The summed E-state index contributed by atoms with van der Waals surface area (Å²) in [6.45, 7) is 2.85. The van der Waals surface area contributed by atoms with Gasteiger partial charge in [0.05, 0.1) is 6.10 Å². The van der Waals surface area contributed by atoms with E-state index >= 15 is 0 Å². The van der Waals surface area contributed by atoms with E-state index in [1.54, 1.807) is 0 Å². The Bertz CT molecular complexity index is 614. The Morgan fingerprint density at radius 2 is 1.95 bits per heavy atom. The quantitative estimate of drug-likeness (QED) is 0.858. The molecule has 1 aromatic rings. The van der Waals surface area contributed by atoms with Crippen LogP contribution in [0.5, 0.6) is 0 Å². The second kappa shape index (κ2) is 6.25. The Hall–Kier alpha value is -1.25. The number of ether oxygens (including phenoxy) is 1. The second-order valence-electron chi connectivity index (χ2n) is 4.87. The number of benzene rings is 1. The molecule has 2 rings (SSSR count). The lowest BCUT2D eigenvalue weighted by molar-refractivity contribution is 0.0290.